The number of nitrogens with zero attached hydrogens (tertiary/aromatic N) is 1. The number of hydrogen-bond donors (Lipinski definition) is 1. The van der Waals surface area contributed by atoms with E-state index in [-0.39, 0.29) is 5.92 Å². The summed E-state index contributed by atoms with van der Waals surface area (Å²) in [6, 6.07) is 0. The highest BCUT2D eigenvalue weighted by molar-refractivity contribution is 6.00. The predicted molar refractivity (Wildman–Crippen MR) is 56.0 cm³/mol. The summed E-state index contributed by atoms with van der Waals surface area (Å²) < 4.78 is 0. The summed E-state index contributed by atoms with van der Waals surface area (Å²) in [5.41, 5.74) is 1.90. The first-order chi connectivity index (χ1) is 6.16. The molecule has 0 aromatic heterocycles. The Bertz CT molecular complexity index is 272. The van der Waals surface area contributed by atoms with E-state index in [4.69, 9.17) is 0 Å². The van der Waals surface area contributed by atoms with Gasteiger partial charge in [-0.2, -0.15) is 0 Å². The van der Waals surface area contributed by atoms with Crippen molar-refractivity contribution < 1.29 is 5.11 Å². The van der Waals surface area contributed by atoms with E-state index in [2.05, 4.69) is 11.9 Å². The number of allylic oxidation sites excluding steroid dienone is 3. The number of rotatable bonds is 2. The lowest BCUT2D eigenvalue weighted by Crippen LogP contribution is -2.11. The molecule has 13 heavy (non-hydrogen) atoms. The van der Waals surface area contributed by atoms with Crippen LogP contribution < -0.4 is 0 Å². The molecule has 2 nitrogen and oxygen atoms in total. The fourth-order valence-corrected chi connectivity index (χ4v) is 1.40. The average molecular weight is 179 g/mol. The molecule has 1 aliphatic rings. The zero-order valence-corrected chi connectivity index (χ0v) is 8.54. The molecule has 0 aliphatic carbocycles. The normalized spacial score (nSPS) is 17.7. The highest BCUT2D eigenvalue weighted by Crippen LogP contribution is 2.19. The Kier molecular flexibility index (Phi) is 3.29. The van der Waals surface area contributed by atoms with Gasteiger partial charge in [0.2, 0.25) is 0 Å². The minimum atomic E-state index is 0.282. The van der Waals surface area contributed by atoms with E-state index in [1.807, 2.05) is 19.9 Å². The fraction of sp³-hybridized carbons (Fsp3) is 0.545. The van der Waals surface area contributed by atoms with Crippen LogP contribution in [-0.4, -0.2) is 10.8 Å². The molecule has 1 N–H and O–H groups in total. The Balaban J connectivity index is 3.04. The van der Waals surface area contributed by atoms with Crippen molar-refractivity contribution in [2.45, 2.75) is 33.6 Å². The maximum Gasteiger partial charge on any atom is 0.136 e. The maximum atomic E-state index is 9.89. The van der Waals surface area contributed by atoms with Crippen molar-refractivity contribution in [3.63, 3.8) is 0 Å². The van der Waals surface area contributed by atoms with Crippen molar-refractivity contribution in [3.05, 3.63) is 23.6 Å². The minimum absolute atomic E-state index is 0.282. The van der Waals surface area contributed by atoms with Crippen LogP contribution in [0.4, 0.5) is 0 Å². The monoisotopic (exact) mass is 179 g/mol. The summed E-state index contributed by atoms with van der Waals surface area (Å²) in [5.74, 6) is 0.687. The second kappa shape index (κ2) is 4.26. The van der Waals surface area contributed by atoms with Gasteiger partial charge in [-0.3, -0.25) is 4.99 Å². The molecular weight excluding hydrogens is 162 g/mol. The van der Waals surface area contributed by atoms with Gasteiger partial charge in [-0.25, -0.2) is 0 Å². The van der Waals surface area contributed by atoms with E-state index in [1.54, 1.807) is 6.20 Å². The Hall–Kier alpha value is -1.05. The van der Waals surface area contributed by atoms with Gasteiger partial charge in [0.25, 0.3) is 0 Å². The van der Waals surface area contributed by atoms with Crippen molar-refractivity contribution in [3.8, 4) is 0 Å². The lowest BCUT2D eigenvalue weighted by Gasteiger charge is -2.10. The van der Waals surface area contributed by atoms with E-state index in [0.717, 1.165) is 24.1 Å². The van der Waals surface area contributed by atoms with Crippen molar-refractivity contribution in [2.75, 3.05) is 0 Å². The molecule has 0 amide bonds. The highest BCUT2D eigenvalue weighted by atomic mass is 16.3. The molecule has 0 bridgehead atoms. The average Bonchev–Trinajstić information content (AvgIpc) is 2.26. The van der Waals surface area contributed by atoms with Gasteiger partial charge >= 0.3 is 0 Å². The molecule has 0 spiro atoms. The topological polar surface area (TPSA) is 32.6 Å². The third-order valence-electron chi connectivity index (χ3n) is 2.23. The second-order valence-corrected chi connectivity index (χ2v) is 3.56. The number of aliphatic hydroxyl groups excluding tert-OH is 1. The summed E-state index contributed by atoms with van der Waals surface area (Å²) >= 11 is 0. The molecule has 2 heteroatoms. The summed E-state index contributed by atoms with van der Waals surface area (Å²) in [6.45, 7) is 6.14. The van der Waals surface area contributed by atoms with Crippen LogP contribution in [0.15, 0.2) is 28.6 Å². The predicted octanol–water partition coefficient (Wildman–Crippen LogP) is 3.22. The van der Waals surface area contributed by atoms with E-state index in [1.165, 1.54) is 0 Å². The molecule has 0 saturated carbocycles. The maximum absolute atomic E-state index is 9.89. The molecule has 1 rings (SSSR count). The van der Waals surface area contributed by atoms with Crippen LogP contribution in [0.1, 0.15) is 33.6 Å². The Morgan fingerprint density at radius 3 is 2.77 bits per heavy atom. The van der Waals surface area contributed by atoms with Crippen molar-refractivity contribution in [1.82, 2.24) is 0 Å². The fourth-order valence-electron chi connectivity index (χ4n) is 1.40. The van der Waals surface area contributed by atoms with Gasteiger partial charge in [0.05, 0.1) is 5.71 Å². The number of aliphatic imine (C=N–C) groups is 1. The Morgan fingerprint density at radius 1 is 1.54 bits per heavy atom. The molecule has 0 unspecified atom stereocenters. The van der Waals surface area contributed by atoms with Gasteiger partial charge in [0.1, 0.15) is 5.76 Å². The Morgan fingerprint density at radius 2 is 2.23 bits per heavy atom. The second-order valence-electron chi connectivity index (χ2n) is 3.56. The highest BCUT2D eigenvalue weighted by Gasteiger charge is 2.14. The lowest BCUT2D eigenvalue weighted by molar-refractivity contribution is 0.428. The molecule has 72 valence electrons. The molecule has 0 aromatic rings. The van der Waals surface area contributed by atoms with Crippen LogP contribution in [0.5, 0.6) is 0 Å². The van der Waals surface area contributed by atoms with Crippen LogP contribution in [0.25, 0.3) is 0 Å². The van der Waals surface area contributed by atoms with Crippen molar-refractivity contribution in [1.29, 1.82) is 0 Å². The van der Waals surface area contributed by atoms with Crippen LogP contribution in [-0.2, 0) is 0 Å². The van der Waals surface area contributed by atoms with Gasteiger partial charge in [-0.15, -0.1) is 0 Å². The summed E-state index contributed by atoms with van der Waals surface area (Å²) in [7, 11) is 0. The number of hydrogen-bond acceptors (Lipinski definition) is 2. The summed E-state index contributed by atoms with van der Waals surface area (Å²) in [4.78, 5) is 4.23. The molecule has 1 aliphatic heterocycles. The van der Waals surface area contributed by atoms with Crippen molar-refractivity contribution >= 4 is 5.71 Å². The number of aliphatic hydroxyl groups is 1. The van der Waals surface area contributed by atoms with Crippen LogP contribution in [0.3, 0.4) is 0 Å². The minimum Gasteiger partial charge on any atom is -0.506 e. The van der Waals surface area contributed by atoms with Gasteiger partial charge < -0.3 is 5.11 Å². The van der Waals surface area contributed by atoms with Crippen molar-refractivity contribution in [2.24, 2.45) is 10.9 Å². The smallest absolute Gasteiger partial charge is 0.136 e. The third kappa shape index (κ3) is 2.20. The Labute approximate surface area is 79.7 Å². The molecule has 1 heterocycles. The standard InChI is InChI=1S/C11H17NO/c1-4-9-6-5-7-12-10(8(2)3)11(9)13/h5,7-8,13H,4,6H2,1-3H3. The zero-order valence-electron chi connectivity index (χ0n) is 8.54. The van der Waals surface area contributed by atoms with Gasteiger partial charge in [0.15, 0.2) is 0 Å². The summed E-state index contributed by atoms with van der Waals surface area (Å²) in [5, 5.41) is 9.89. The van der Waals surface area contributed by atoms with Gasteiger partial charge in [-0.05, 0) is 24.3 Å². The summed E-state index contributed by atoms with van der Waals surface area (Å²) in [6.07, 6.45) is 5.49. The first kappa shape index (κ1) is 10.0. The van der Waals surface area contributed by atoms with E-state index in [9.17, 15) is 5.11 Å². The van der Waals surface area contributed by atoms with Crippen LogP contribution >= 0.6 is 0 Å². The molecule has 0 saturated heterocycles. The van der Waals surface area contributed by atoms with E-state index < -0.39 is 0 Å². The van der Waals surface area contributed by atoms with Crippen LogP contribution in [0, 0.1) is 5.92 Å². The molecular formula is C11H17NO. The lowest BCUT2D eigenvalue weighted by atomic mass is 10.0. The molecule has 0 fully saturated rings. The molecule has 0 atom stereocenters. The van der Waals surface area contributed by atoms with E-state index >= 15 is 0 Å². The molecule has 0 aromatic carbocycles. The van der Waals surface area contributed by atoms with Gasteiger partial charge in [0, 0.05) is 6.20 Å². The largest absolute Gasteiger partial charge is 0.506 e. The first-order valence-corrected chi connectivity index (χ1v) is 4.80. The van der Waals surface area contributed by atoms with E-state index in [0.29, 0.717) is 5.76 Å². The first-order valence-electron chi connectivity index (χ1n) is 4.80. The SMILES string of the molecule is CCC1=C(O)C(C(C)C)=NC=CC1. The molecule has 0 radical (unpaired) electrons. The third-order valence-corrected chi connectivity index (χ3v) is 2.23. The zero-order chi connectivity index (χ0) is 9.84. The van der Waals surface area contributed by atoms with Crippen LogP contribution in [0.2, 0.25) is 0 Å². The quantitative estimate of drug-likeness (QED) is 0.693. The van der Waals surface area contributed by atoms with Gasteiger partial charge in [-0.1, -0.05) is 26.8 Å².